The van der Waals surface area contributed by atoms with Gasteiger partial charge in [-0.3, -0.25) is 14.2 Å². The molecule has 6 nitrogen and oxygen atoms in total. The number of carbonyl (C=O) groups excluding carboxylic acids is 1. The topological polar surface area (TPSA) is 64.4 Å². The number of aromatic nitrogens is 2. The average Bonchev–Trinajstić information content (AvgIpc) is 2.64. The molecule has 1 aromatic heterocycles. The lowest BCUT2D eigenvalue weighted by atomic mass is 10.2. The number of hydrogen-bond acceptors (Lipinski definition) is 5. The van der Waals surface area contributed by atoms with Gasteiger partial charge in [-0.15, -0.1) is 0 Å². The van der Waals surface area contributed by atoms with E-state index in [0.29, 0.717) is 42.3 Å². The Kier molecular flexibility index (Phi) is 8.07. The minimum Gasteiger partial charge on any atom is -0.383 e. The molecule has 0 saturated carbocycles. The van der Waals surface area contributed by atoms with Gasteiger partial charge in [-0.25, -0.2) is 4.98 Å². The van der Waals surface area contributed by atoms with Crippen molar-refractivity contribution in [1.82, 2.24) is 14.5 Å². The summed E-state index contributed by atoms with van der Waals surface area (Å²) in [5.41, 5.74) is 1.41. The van der Waals surface area contributed by atoms with Gasteiger partial charge in [0.05, 0.1) is 29.8 Å². The smallest absolute Gasteiger partial charge is 0.262 e. The fourth-order valence-electron chi connectivity index (χ4n) is 2.58. The number of methoxy groups -OCH3 is 1. The minimum atomic E-state index is -0.136. The monoisotopic (exact) mass is 453 g/mol. The number of carbonyl (C=O) groups is 1. The molecule has 27 heavy (non-hydrogen) atoms. The Morgan fingerprint density at radius 3 is 2.81 bits per heavy atom. The first-order valence-electron chi connectivity index (χ1n) is 8.61. The zero-order valence-corrected chi connectivity index (χ0v) is 18.2. The Bertz CT molecular complexity index is 898. The first kappa shape index (κ1) is 21.7. The van der Waals surface area contributed by atoms with Gasteiger partial charge in [0.15, 0.2) is 5.16 Å². The second-order valence-corrected chi connectivity index (χ2v) is 8.02. The summed E-state index contributed by atoms with van der Waals surface area (Å²) in [5, 5.41) is 1.06. The van der Waals surface area contributed by atoms with Crippen LogP contribution in [0.3, 0.4) is 0 Å². The van der Waals surface area contributed by atoms with Gasteiger partial charge in [0.2, 0.25) is 5.91 Å². The van der Waals surface area contributed by atoms with Crippen LogP contribution < -0.4 is 5.56 Å². The third-order valence-corrected chi connectivity index (χ3v) is 5.37. The lowest BCUT2D eigenvalue weighted by Gasteiger charge is -2.21. The molecule has 2 aromatic rings. The molecule has 0 bridgehead atoms. The van der Waals surface area contributed by atoms with Gasteiger partial charge in [-0.2, -0.15) is 0 Å². The van der Waals surface area contributed by atoms with E-state index >= 15 is 0 Å². The van der Waals surface area contributed by atoms with E-state index in [0.717, 1.165) is 10.0 Å². The Labute approximate surface area is 171 Å². The maximum absolute atomic E-state index is 12.9. The Balaban J connectivity index is 2.32. The summed E-state index contributed by atoms with van der Waals surface area (Å²) in [5.74, 6) is 0.205. The summed E-state index contributed by atoms with van der Waals surface area (Å²) in [6.07, 6.45) is 0. The lowest BCUT2D eigenvalue weighted by molar-refractivity contribution is -0.127. The quantitative estimate of drug-likeness (QED) is 0.331. The van der Waals surface area contributed by atoms with Crippen molar-refractivity contribution < 1.29 is 9.53 Å². The second kappa shape index (κ2) is 10.1. The van der Waals surface area contributed by atoms with Crippen LogP contribution in [-0.2, 0) is 16.1 Å². The Morgan fingerprint density at radius 1 is 1.44 bits per heavy atom. The Morgan fingerprint density at radius 2 is 2.19 bits per heavy atom. The number of rotatable bonds is 9. The van der Waals surface area contributed by atoms with Crippen LogP contribution in [0.25, 0.3) is 10.9 Å². The maximum atomic E-state index is 12.9. The van der Waals surface area contributed by atoms with Crippen molar-refractivity contribution in [1.29, 1.82) is 0 Å². The SMILES string of the molecule is C=C(C)CN(CC)C(=O)CSc1nc2ccc(Br)cc2c(=O)n1CCOC. The molecule has 0 aliphatic heterocycles. The highest BCUT2D eigenvalue weighted by Crippen LogP contribution is 2.21. The van der Waals surface area contributed by atoms with Crippen molar-refractivity contribution in [2.24, 2.45) is 0 Å². The van der Waals surface area contributed by atoms with Crippen LogP contribution in [0.15, 0.2) is 44.8 Å². The van der Waals surface area contributed by atoms with E-state index in [-0.39, 0.29) is 17.2 Å². The van der Waals surface area contributed by atoms with Crippen LogP contribution in [0, 0.1) is 0 Å². The van der Waals surface area contributed by atoms with Gasteiger partial charge in [-0.05, 0) is 32.0 Å². The highest BCUT2D eigenvalue weighted by atomic mass is 79.9. The number of thioether (sulfide) groups is 1. The number of hydrogen-bond donors (Lipinski definition) is 0. The standard InChI is InChI=1S/C19H24BrN3O3S/c1-5-22(11-13(2)3)17(24)12-27-19-21-16-7-6-14(20)10-15(16)18(25)23(19)8-9-26-4/h6-7,10H,2,5,8-9,11-12H2,1,3-4H3. The highest BCUT2D eigenvalue weighted by Gasteiger charge is 2.16. The van der Waals surface area contributed by atoms with Crippen LogP contribution in [0.1, 0.15) is 13.8 Å². The zero-order valence-electron chi connectivity index (χ0n) is 15.8. The van der Waals surface area contributed by atoms with Crippen LogP contribution >= 0.6 is 27.7 Å². The number of benzene rings is 1. The highest BCUT2D eigenvalue weighted by molar-refractivity contribution is 9.10. The molecule has 0 saturated heterocycles. The predicted molar refractivity (Wildman–Crippen MR) is 113 cm³/mol. The van der Waals surface area contributed by atoms with Crippen LogP contribution in [-0.4, -0.2) is 52.9 Å². The van der Waals surface area contributed by atoms with Gasteiger partial charge in [0.25, 0.3) is 5.56 Å². The van der Waals surface area contributed by atoms with Gasteiger partial charge >= 0.3 is 0 Å². The van der Waals surface area contributed by atoms with Crippen LogP contribution in [0.2, 0.25) is 0 Å². The average molecular weight is 454 g/mol. The molecule has 0 spiro atoms. The summed E-state index contributed by atoms with van der Waals surface area (Å²) in [6, 6.07) is 5.41. The van der Waals surface area contributed by atoms with Gasteiger partial charge in [0.1, 0.15) is 0 Å². The number of likely N-dealkylation sites (N-methyl/N-ethyl adjacent to an activating group) is 1. The fraction of sp³-hybridized carbons (Fsp3) is 0.421. The third kappa shape index (κ3) is 5.67. The normalized spacial score (nSPS) is 11.0. The summed E-state index contributed by atoms with van der Waals surface area (Å²) in [7, 11) is 1.59. The summed E-state index contributed by atoms with van der Waals surface area (Å²) >= 11 is 4.67. The molecule has 2 rings (SSSR count). The Hall–Kier alpha value is -1.64. The van der Waals surface area contributed by atoms with E-state index < -0.39 is 0 Å². The van der Waals surface area contributed by atoms with Crippen molar-refractivity contribution in [3.63, 3.8) is 0 Å². The van der Waals surface area contributed by atoms with Gasteiger partial charge in [-0.1, -0.05) is 39.8 Å². The first-order chi connectivity index (χ1) is 12.9. The van der Waals surface area contributed by atoms with Crippen molar-refractivity contribution >= 4 is 44.5 Å². The van der Waals surface area contributed by atoms with E-state index in [1.165, 1.54) is 11.8 Å². The first-order valence-corrected chi connectivity index (χ1v) is 10.4. The molecule has 0 aliphatic rings. The van der Waals surface area contributed by atoms with E-state index in [9.17, 15) is 9.59 Å². The molecule has 0 radical (unpaired) electrons. The van der Waals surface area contributed by atoms with Crippen molar-refractivity contribution in [3.8, 4) is 0 Å². The molecule has 8 heteroatoms. The molecule has 0 N–H and O–H groups in total. The zero-order chi connectivity index (χ0) is 20.0. The van der Waals surface area contributed by atoms with E-state index in [4.69, 9.17) is 4.74 Å². The molecular formula is C19H24BrN3O3S. The van der Waals surface area contributed by atoms with Crippen molar-refractivity contribution in [2.45, 2.75) is 25.5 Å². The molecular weight excluding hydrogens is 430 g/mol. The molecule has 1 heterocycles. The lowest BCUT2D eigenvalue weighted by Crippen LogP contribution is -2.34. The molecule has 0 atom stereocenters. The summed E-state index contributed by atoms with van der Waals surface area (Å²) in [4.78, 5) is 31.8. The van der Waals surface area contributed by atoms with Crippen molar-refractivity contribution in [3.05, 3.63) is 45.2 Å². The number of nitrogens with zero attached hydrogens (tertiary/aromatic N) is 3. The van der Waals surface area contributed by atoms with Gasteiger partial charge in [0, 0.05) is 24.7 Å². The predicted octanol–water partition coefficient (Wildman–Crippen LogP) is 3.32. The van der Waals surface area contributed by atoms with E-state index in [2.05, 4.69) is 27.5 Å². The largest absolute Gasteiger partial charge is 0.383 e. The summed E-state index contributed by atoms with van der Waals surface area (Å²) in [6.45, 7) is 9.62. The number of fused-ring (bicyclic) bond motifs is 1. The molecule has 1 aromatic carbocycles. The van der Waals surface area contributed by atoms with Crippen LogP contribution in [0.5, 0.6) is 0 Å². The minimum absolute atomic E-state index is 0.00561. The molecule has 0 aliphatic carbocycles. The maximum Gasteiger partial charge on any atom is 0.262 e. The second-order valence-electron chi connectivity index (χ2n) is 6.16. The van der Waals surface area contributed by atoms with Gasteiger partial charge < -0.3 is 9.64 Å². The van der Waals surface area contributed by atoms with Crippen LogP contribution in [0.4, 0.5) is 0 Å². The number of halogens is 1. The summed E-state index contributed by atoms with van der Waals surface area (Å²) < 4.78 is 7.52. The fourth-order valence-corrected chi connectivity index (χ4v) is 3.87. The third-order valence-electron chi connectivity index (χ3n) is 3.92. The van der Waals surface area contributed by atoms with E-state index in [1.54, 1.807) is 28.7 Å². The number of amides is 1. The van der Waals surface area contributed by atoms with Crippen molar-refractivity contribution in [2.75, 3.05) is 32.6 Å². The molecule has 0 unspecified atom stereocenters. The number of ether oxygens (including phenoxy) is 1. The molecule has 0 fully saturated rings. The molecule has 146 valence electrons. The van der Waals surface area contributed by atoms with E-state index in [1.807, 2.05) is 19.9 Å². The molecule has 1 amide bonds.